The molecule has 0 atom stereocenters. The molecule has 0 saturated carbocycles. The zero-order valence-corrected chi connectivity index (χ0v) is 18.3. The second kappa shape index (κ2) is 9.23. The molecule has 0 spiro atoms. The van der Waals surface area contributed by atoms with E-state index in [-0.39, 0.29) is 17.7 Å². The molecule has 0 aliphatic heterocycles. The molecule has 1 N–H and O–H groups in total. The predicted octanol–water partition coefficient (Wildman–Crippen LogP) is 6.12. The van der Waals surface area contributed by atoms with E-state index in [1.165, 1.54) is 11.8 Å². The third kappa shape index (κ3) is 5.03. The fraction of sp³-hybridized carbons (Fsp3) is 0.200. The molecule has 4 nitrogen and oxygen atoms in total. The predicted molar refractivity (Wildman–Crippen MR) is 118 cm³/mol. The number of halogens is 3. The minimum absolute atomic E-state index is 0.0447. The van der Waals surface area contributed by atoms with Gasteiger partial charge in [-0.3, -0.25) is 9.36 Å². The molecule has 0 unspecified atom stereocenters. The number of aromatic nitrogens is 2. The lowest BCUT2D eigenvalue weighted by Gasteiger charge is -2.13. The Morgan fingerprint density at radius 3 is 2.61 bits per heavy atom. The smallest absolute Gasteiger partial charge is 0.230 e. The van der Waals surface area contributed by atoms with Crippen LogP contribution in [0.2, 0.25) is 15.1 Å². The minimum atomic E-state index is -0.0447. The third-order valence-electron chi connectivity index (χ3n) is 3.79. The third-order valence-corrected chi connectivity index (χ3v) is 5.72. The van der Waals surface area contributed by atoms with E-state index in [2.05, 4.69) is 10.3 Å². The van der Waals surface area contributed by atoms with Crippen molar-refractivity contribution in [3.05, 3.63) is 63.7 Å². The topological polar surface area (TPSA) is 46.9 Å². The zero-order valence-electron chi connectivity index (χ0n) is 15.2. The lowest BCUT2D eigenvalue weighted by atomic mass is 10.1. The van der Waals surface area contributed by atoms with Crippen LogP contribution >= 0.6 is 46.6 Å². The van der Waals surface area contributed by atoms with E-state index in [4.69, 9.17) is 34.8 Å². The van der Waals surface area contributed by atoms with Crippen LogP contribution in [0.5, 0.6) is 0 Å². The summed E-state index contributed by atoms with van der Waals surface area (Å²) < 4.78 is 1.96. The summed E-state index contributed by atoms with van der Waals surface area (Å²) in [6, 6.07) is 13.0. The highest BCUT2D eigenvalue weighted by molar-refractivity contribution is 7.99. The van der Waals surface area contributed by atoms with Crippen LogP contribution in [0.1, 0.15) is 13.8 Å². The lowest BCUT2D eigenvalue weighted by molar-refractivity contribution is -0.119. The van der Waals surface area contributed by atoms with Crippen LogP contribution in [0.4, 0.5) is 0 Å². The summed E-state index contributed by atoms with van der Waals surface area (Å²) in [6.45, 7) is 3.86. The number of carbonyl (C=O) groups excluding carboxylic acids is 1. The van der Waals surface area contributed by atoms with Gasteiger partial charge in [-0.2, -0.15) is 0 Å². The van der Waals surface area contributed by atoms with Crippen molar-refractivity contribution in [3.63, 3.8) is 0 Å². The monoisotopic (exact) mass is 453 g/mol. The summed E-state index contributed by atoms with van der Waals surface area (Å²) in [7, 11) is 0. The number of thioether (sulfide) groups is 1. The fourth-order valence-corrected chi connectivity index (χ4v) is 3.94. The number of amides is 1. The van der Waals surface area contributed by atoms with Gasteiger partial charge >= 0.3 is 0 Å². The number of benzene rings is 2. The van der Waals surface area contributed by atoms with Gasteiger partial charge in [-0.15, -0.1) is 0 Å². The number of hydrogen-bond donors (Lipinski definition) is 1. The van der Waals surface area contributed by atoms with Crippen molar-refractivity contribution in [2.75, 3.05) is 5.75 Å². The summed E-state index contributed by atoms with van der Waals surface area (Å²) in [4.78, 5) is 16.6. The number of nitrogens with zero attached hydrogens (tertiary/aromatic N) is 2. The molecule has 1 heterocycles. The molecular formula is C20H18Cl3N3OS. The molecule has 1 amide bonds. The molecule has 146 valence electrons. The quantitative estimate of drug-likeness (QED) is 0.457. The number of nitrogens with one attached hydrogen (secondary N) is 1. The first-order valence-electron chi connectivity index (χ1n) is 8.56. The van der Waals surface area contributed by atoms with Crippen molar-refractivity contribution in [1.29, 1.82) is 0 Å². The summed E-state index contributed by atoms with van der Waals surface area (Å²) in [6.07, 6.45) is 1.75. The van der Waals surface area contributed by atoms with E-state index >= 15 is 0 Å². The lowest BCUT2D eigenvalue weighted by Crippen LogP contribution is -2.31. The van der Waals surface area contributed by atoms with Gasteiger partial charge < -0.3 is 5.32 Å². The van der Waals surface area contributed by atoms with Crippen molar-refractivity contribution < 1.29 is 4.79 Å². The normalized spacial score (nSPS) is 11.1. The van der Waals surface area contributed by atoms with Gasteiger partial charge in [-0.25, -0.2) is 4.98 Å². The molecule has 0 radical (unpaired) electrons. The average Bonchev–Trinajstić information content (AvgIpc) is 3.05. The van der Waals surface area contributed by atoms with Gasteiger partial charge in [0.1, 0.15) is 0 Å². The zero-order chi connectivity index (χ0) is 20.3. The maximum Gasteiger partial charge on any atom is 0.230 e. The Kier molecular flexibility index (Phi) is 6.94. The fourth-order valence-electron chi connectivity index (χ4n) is 2.65. The van der Waals surface area contributed by atoms with E-state index < -0.39 is 0 Å². The van der Waals surface area contributed by atoms with Gasteiger partial charge in [-0.05, 0) is 44.2 Å². The molecule has 3 aromatic rings. The number of rotatable bonds is 6. The van der Waals surface area contributed by atoms with Crippen molar-refractivity contribution >= 4 is 52.5 Å². The van der Waals surface area contributed by atoms with Gasteiger partial charge in [0.15, 0.2) is 5.16 Å². The molecule has 0 aliphatic carbocycles. The highest BCUT2D eigenvalue weighted by Crippen LogP contribution is 2.33. The Hall–Kier alpha value is -1.66. The van der Waals surface area contributed by atoms with E-state index in [1.807, 2.05) is 48.7 Å². The van der Waals surface area contributed by atoms with Gasteiger partial charge in [0, 0.05) is 22.3 Å². The highest BCUT2D eigenvalue weighted by atomic mass is 35.5. The molecule has 0 bridgehead atoms. The van der Waals surface area contributed by atoms with Crippen molar-refractivity contribution in [1.82, 2.24) is 14.9 Å². The van der Waals surface area contributed by atoms with Crippen LogP contribution in [0.3, 0.4) is 0 Å². The van der Waals surface area contributed by atoms with Crippen LogP contribution in [0.15, 0.2) is 53.8 Å². The first-order valence-corrected chi connectivity index (χ1v) is 10.7. The van der Waals surface area contributed by atoms with E-state index in [0.717, 1.165) is 16.9 Å². The summed E-state index contributed by atoms with van der Waals surface area (Å²) in [5.41, 5.74) is 2.53. The van der Waals surface area contributed by atoms with Crippen molar-refractivity contribution in [3.8, 4) is 16.9 Å². The van der Waals surface area contributed by atoms with Crippen LogP contribution in [-0.4, -0.2) is 27.3 Å². The number of hydrogen-bond acceptors (Lipinski definition) is 3. The molecule has 0 fully saturated rings. The standard InChI is InChI=1S/C20H18Cl3N3OS/c1-12(2)25-19(27)11-28-20-24-10-18(13-6-7-16(22)17(23)8-13)26(20)15-5-3-4-14(21)9-15/h3-10,12H,11H2,1-2H3,(H,25,27). The Bertz CT molecular complexity index is 1000. The average molecular weight is 455 g/mol. The summed E-state index contributed by atoms with van der Waals surface area (Å²) in [5.74, 6) is 0.216. The first kappa shape index (κ1) is 21.1. The Balaban J connectivity index is 2.02. The van der Waals surface area contributed by atoms with E-state index in [1.54, 1.807) is 18.3 Å². The van der Waals surface area contributed by atoms with Crippen LogP contribution in [0.25, 0.3) is 16.9 Å². The summed E-state index contributed by atoms with van der Waals surface area (Å²) in [5, 5.41) is 5.12. The van der Waals surface area contributed by atoms with Crippen LogP contribution in [-0.2, 0) is 4.79 Å². The SMILES string of the molecule is CC(C)NC(=O)CSc1ncc(-c2ccc(Cl)c(Cl)c2)n1-c1cccc(Cl)c1. The maximum atomic E-state index is 12.1. The van der Waals surface area contributed by atoms with E-state index in [9.17, 15) is 4.79 Å². The number of carbonyl (C=O) groups is 1. The molecule has 0 aliphatic rings. The van der Waals surface area contributed by atoms with Gasteiger partial charge in [0.2, 0.25) is 5.91 Å². The molecular weight excluding hydrogens is 437 g/mol. The van der Waals surface area contributed by atoms with Crippen molar-refractivity contribution in [2.45, 2.75) is 25.0 Å². The largest absolute Gasteiger partial charge is 0.353 e. The van der Waals surface area contributed by atoms with E-state index in [0.29, 0.717) is 20.2 Å². The van der Waals surface area contributed by atoms with Crippen LogP contribution in [0, 0.1) is 0 Å². The minimum Gasteiger partial charge on any atom is -0.353 e. The van der Waals surface area contributed by atoms with Gasteiger partial charge in [0.05, 0.1) is 27.7 Å². The van der Waals surface area contributed by atoms with Gasteiger partial charge in [-0.1, -0.05) is 58.7 Å². The van der Waals surface area contributed by atoms with Crippen molar-refractivity contribution in [2.24, 2.45) is 0 Å². The second-order valence-corrected chi connectivity index (χ2v) is 8.57. The molecule has 28 heavy (non-hydrogen) atoms. The number of imidazole rings is 1. The first-order chi connectivity index (χ1) is 13.3. The highest BCUT2D eigenvalue weighted by Gasteiger charge is 2.17. The second-order valence-electron chi connectivity index (χ2n) is 6.38. The maximum absolute atomic E-state index is 12.1. The Morgan fingerprint density at radius 1 is 1.14 bits per heavy atom. The molecule has 3 rings (SSSR count). The molecule has 1 aromatic heterocycles. The van der Waals surface area contributed by atoms with Crippen LogP contribution < -0.4 is 5.32 Å². The molecule has 0 saturated heterocycles. The Morgan fingerprint density at radius 2 is 1.93 bits per heavy atom. The van der Waals surface area contributed by atoms with Gasteiger partial charge in [0.25, 0.3) is 0 Å². The Labute approximate surface area is 183 Å². The molecule has 8 heteroatoms. The summed E-state index contributed by atoms with van der Waals surface area (Å²) >= 11 is 19.8. The molecule has 2 aromatic carbocycles.